The number of nitrogens with two attached hydrogens (primary N) is 1. The number of nitrogens with zero attached hydrogens (tertiary/aromatic N) is 2. The minimum absolute atomic E-state index is 0.0478. The summed E-state index contributed by atoms with van der Waals surface area (Å²) in [6.45, 7) is 2.79. The van der Waals surface area contributed by atoms with Crippen molar-refractivity contribution >= 4 is 28.1 Å². The molecule has 1 aliphatic rings. The molecule has 0 saturated carbocycles. The summed E-state index contributed by atoms with van der Waals surface area (Å²) in [5, 5.41) is 13.2. The Labute approximate surface area is 209 Å². The average molecular weight is 523 g/mol. The summed E-state index contributed by atoms with van der Waals surface area (Å²) in [6, 6.07) is 6.92. The minimum Gasteiger partial charge on any atom is -0.388 e. The average Bonchev–Trinajstić information content (AvgIpc) is 3.24. The summed E-state index contributed by atoms with van der Waals surface area (Å²) in [7, 11) is 0. The molecule has 1 fully saturated rings. The van der Waals surface area contributed by atoms with Crippen molar-refractivity contribution < 1.29 is 27.5 Å². The Morgan fingerprint density at radius 2 is 1.89 bits per heavy atom. The van der Waals surface area contributed by atoms with E-state index in [1.807, 2.05) is 4.90 Å². The van der Waals surface area contributed by atoms with Crippen LogP contribution >= 0.6 is 11.3 Å². The molecule has 2 aromatic heterocycles. The first kappa shape index (κ1) is 26.1. The Bertz CT molecular complexity index is 1220. The molecule has 4 rings (SSSR count). The van der Waals surface area contributed by atoms with Crippen molar-refractivity contribution in [1.82, 2.24) is 9.88 Å². The number of carbonyl (C=O) groups is 1. The van der Waals surface area contributed by atoms with Gasteiger partial charge in [-0.3, -0.25) is 9.69 Å². The largest absolute Gasteiger partial charge is 0.388 e. The van der Waals surface area contributed by atoms with E-state index >= 15 is 0 Å². The molecule has 3 heterocycles. The van der Waals surface area contributed by atoms with Crippen LogP contribution in [0, 0.1) is 11.6 Å². The highest BCUT2D eigenvalue weighted by Gasteiger charge is 2.33. The number of aliphatic hydroxyl groups is 1. The first-order chi connectivity index (χ1) is 17.1. The van der Waals surface area contributed by atoms with Crippen molar-refractivity contribution in [3.8, 4) is 10.4 Å². The van der Waals surface area contributed by atoms with Gasteiger partial charge < -0.3 is 16.2 Å². The van der Waals surface area contributed by atoms with Gasteiger partial charge in [0.2, 0.25) is 0 Å². The molecule has 1 aliphatic heterocycles. The van der Waals surface area contributed by atoms with Crippen LogP contribution in [0.15, 0.2) is 36.5 Å². The SMILES string of the molecule is CCC(O)c1cc(F)c(-c2cc(C(N)=O)c(Nc3ccc(CN4CCC(F)(F)CC4)cn3)s2)c(F)c1. The number of primary amides is 1. The maximum atomic E-state index is 14.8. The van der Waals surface area contributed by atoms with E-state index in [2.05, 4.69) is 10.3 Å². The molecule has 0 aliphatic carbocycles. The van der Waals surface area contributed by atoms with E-state index in [0.29, 0.717) is 31.9 Å². The first-order valence-electron chi connectivity index (χ1n) is 11.5. The molecule has 3 aromatic rings. The molecule has 1 amide bonds. The summed E-state index contributed by atoms with van der Waals surface area (Å²) < 4.78 is 56.3. The molecule has 11 heteroatoms. The normalized spacial score (nSPS) is 16.6. The van der Waals surface area contributed by atoms with Crippen LogP contribution in [0.1, 0.15) is 53.8 Å². The van der Waals surface area contributed by atoms with Gasteiger partial charge in [0, 0.05) is 43.5 Å². The Balaban J connectivity index is 1.53. The van der Waals surface area contributed by atoms with Crippen LogP contribution in [0.25, 0.3) is 10.4 Å². The zero-order valence-corrected chi connectivity index (χ0v) is 20.3. The molecule has 1 aromatic carbocycles. The van der Waals surface area contributed by atoms with Crippen LogP contribution in [0.3, 0.4) is 0 Å². The van der Waals surface area contributed by atoms with Crippen molar-refractivity contribution in [3.63, 3.8) is 0 Å². The van der Waals surface area contributed by atoms with Crippen LogP contribution in [0.4, 0.5) is 28.4 Å². The third kappa shape index (κ3) is 5.85. The fourth-order valence-electron chi connectivity index (χ4n) is 4.05. The van der Waals surface area contributed by atoms with Crippen molar-refractivity contribution in [2.45, 2.75) is 44.8 Å². The number of hydrogen-bond donors (Lipinski definition) is 3. The predicted octanol–water partition coefficient (Wildman–Crippen LogP) is 5.61. The lowest BCUT2D eigenvalue weighted by atomic mass is 10.0. The zero-order chi connectivity index (χ0) is 26.0. The fraction of sp³-hybridized carbons (Fsp3) is 0.360. The lowest BCUT2D eigenvalue weighted by Gasteiger charge is -2.31. The molecule has 1 saturated heterocycles. The van der Waals surface area contributed by atoms with Crippen LogP contribution in [0.2, 0.25) is 0 Å². The quantitative estimate of drug-likeness (QED) is 0.335. The van der Waals surface area contributed by atoms with E-state index in [-0.39, 0.29) is 39.4 Å². The fourth-order valence-corrected chi connectivity index (χ4v) is 5.17. The van der Waals surface area contributed by atoms with Crippen LogP contribution in [0.5, 0.6) is 0 Å². The Hall–Kier alpha value is -3.02. The number of aromatic nitrogens is 1. The second-order valence-electron chi connectivity index (χ2n) is 8.81. The Kier molecular flexibility index (Phi) is 7.62. The number of hydrogen-bond acceptors (Lipinski definition) is 6. The number of alkyl halides is 2. The molecule has 0 spiro atoms. The number of aliphatic hydroxyl groups excluding tert-OH is 1. The lowest BCUT2D eigenvalue weighted by Crippen LogP contribution is -2.38. The van der Waals surface area contributed by atoms with Gasteiger partial charge in [-0.2, -0.15) is 0 Å². The number of halogens is 4. The van der Waals surface area contributed by atoms with E-state index in [9.17, 15) is 27.5 Å². The molecule has 192 valence electrons. The summed E-state index contributed by atoms with van der Waals surface area (Å²) >= 11 is 0.943. The molecule has 4 N–H and O–H groups in total. The van der Waals surface area contributed by atoms with Gasteiger partial charge in [0.25, 0.3) is 11.8 Å². The van der Waals surface area contributed by atoms with Crippen molar-refractivity contribution in [3.05, 3.63) is 64.9 Å². The molecule has 6 nitrogen and oxygen atoms in total. The van der Waals surface area contributed by atoms with Crippen LogP contribution < -0.4 is 11.1 Å². The molecule has 0 bridgehead atoms. The standard InChI is InChI=1S/C25H26F4N4O2S/c1-2-19(34)15-9-17(26)22(18(27)10-15)20-11-16(23(30)35)24(36-20)32-21-4-3-14(12-31-21)13-33-7-5-25(28,29)6-8-33/h3-4,9-12,19,34H,2,5-8,13H2,1H3,(H2,30,35)(H,31,32). The van der Waals surface area contributed by atoms with Gasteiger partial charge in [-0.25, -0.2) is 22.5 Å². The van der Waals surface area contributed by atoms with E-state index < -0.39 is 29.6 Å². The maximum absolute atomic E-state index is 14.8. The minimum atomic E-state index is -2.61. The monoisotopic (exact) mass is 522 g/mol. The van der Waals surface area contributed by atoms with E-state index in [0.717, 1.165) is 29.0 Å². The predicted molar refractivity (Wildman–Crippen MR) is 130 cm³/mol. The van der Waals surface area contributed by atoms with Crippen molar-refractivity contribution in [2.75, 3.05) is 18.4 Å². The zero-order valence-electron chi connectivity index (χ0n) is 19.5. The van der Waals surface area contributed by atoms with Gasteiger partial charge in [-0.05, 0) is 41.8 Å². The number of amides is 1. The molecular weight excluding hydrogens is 496 g/mol. The summed E-state index contributed by atoms with van der Waals surface area (Å²) in [4.78, 5) is 18.4. The van der Waals surface area contributed by atoms with Gasteiger partial charge in [-0.15, -0.1) is 11.3 Å². The smallest absolute Gasteiger partial charge is 0.251 e. The van der Waals surface area contributed by atoms with Crippen LogP contribution in [-0.2, 0) is 6.54 Å². The van der Waals surface area contributed by atoms with Gasteiger partial charge >= 0.3 is 0 Å². The third-order valence-electron chi connectivity index (χ3n) is 6.14. The molecule has 0 radical (unpaired) electrons. The number of rotatable bonds is 8. The number of anilines is 2. The van der Waals surface area contributed by atoms with Crippen LogP contribution in [-0.4, -0.2) is 39.9 Å². The number of piperidine rings is 1. The van der Waals surface area contributed by atoms with Gasteiger partial charge in [-0.1, -0.05) is 13.0 Å². The van der Waals surface area contributed by atoms with Gasteiger partial charge in [0.1, 0.15) is 22.5 Å². The summed E-state index contributed by atoms with van der Waals surface area (Å²) in [5.41, 5.74) is 6.19. The molecular formula is C25H26F4N4O2S. The van der Waals surface area contributed by atoms with E-state index in [1.54, 1.807) is 25.3 Å². The Morgan fingerprint density at radius 3 is 2.44 bits per heavy atom. The van der Waals surface area contributed by atoms with Crippen molar-refractivity contribution in [1.29, 1.82) is 0 Å². The number of pyridine rings is 1. The molecule has 1 unspecified atom stereocenters. The summed E-state index contributed by atoms with van der Waals surface area (Å²) in [6.07, 6.45) is 0.579. The first-order valence-corrected chi connectivity index (χ1v) is 12.3. The highest BCUT2D eigenvalue weighted by molar-refractivity contribution is 7.20. The highest BCUT2D eigenvalue weighted by atomic mass is 32.1. The van der Waals surface area contributed by atoms with Gasteiger partial charge in [0.15, 0.2) is 0 Å². The summed E-state index contributed by atoms with van der Waals surface area (Å²) in [5.74, 6) is -4.73. The lowest BCUT2D eigenvalue weighted by molar-refractivity contribution is -0.0566. The number of benzene rings is 1. The van der Waals surface area contributed by atoms with E-state index in [1.165, 1.54) is 6.07 Å². The topological polar surface area (TPSA) is 91.5 Å². The maximum Gasteiger partial charge on any atom is 0.251 e. The number of likely N-dealkylation sites (tertiary alicyclic amines) is 1. The number of thiophene rings is 1. The highest BCUT2D eigenvalue weighted by Crippen LogP contribution is 2.40. The van der Waals surface area contributed by atoms with Crippen molar-refractivity contribution in [2.24, 2.45) is 5.73 Å². The Morgan fingerprint density at radius 1 is 1.22 bits per heavy atom. The molecule has 36 heavy (non-hydrogen) atoms. The van der Waals surface area contributed by atoms with Gasteiger partial charge in [0.05, 0.1) is 17.2 Å². The second-order valence-corrected chi connectivity index (χ2v) is 9.86. The number of nitrogens with one attached hydrogen (secondary N) is 1. The number of carbonyl (C=O) groups excluding carboxylic acids is 1. The second kappa shape index (κ2) is 10.5. The van der Waals surface area contributed by atoms with E-state index in [4.69, 9.17) is 5.73 Å². The molecule has 1 atom stereocenters. The third-order valence-corrected chi connectivity index (χ3v) is 7.21.